The molecule has 1 atom stereocenters. The number of fused-ring (bicyclic) bond motifs is 1. The molecule has 1 aliphatic rings. The molecular weight excluding hydrogens is 288 g/mol. The maximum atomic E-state index is 12.4. The van der Waals surface area contributed by atoms with E-state index in [9.17, 15) is 9.59 Å². The van der Waals surface area contributed by atoms with Gasteiger partial charge >= 0.3 is 0 Å². The summed E-state index contributed by atoms with van der Waals surface area (Å²) in [5, 5.41) is 9.04. The Bertz CT molecular complexity index is 768. The van der Waals surface area contributed by atoms with Crippen molar-refractivity contribution < 1.29 is 9.59 Å². The van der Waals surface area contributed by atoms with Crippen molar-refractivity contribution in [2.24, 2.45) is 5.92 Å². The summed E-state index contributed by atoms with van der Waals surface area (Å²) in [6.07, 6.45) is 1.48. The Morgan fingerprint density at radius 2 is 1.57 bits per heavy atom. The van der Waals surface area contributed by atoms with Crippen LogP contribution in [0.4, 0.5) is 5.69 Å². The van der Waals surface area contributed by atoms with Gasteiger partial charge in [0.2, 0.25) is 0 Å². The van der Waals surface area contributed by atoms with Gasteiger partial charge in [0.05, 0.1) is 28.8 Å². The van der Waals surface area contributed by atoms with E-state index in [0.717, 1.165) is 12.0 Å². The van der Waals surface area contributed by atoms with Gasteiger partial charge in [-0.15, -0.1) is 0 Å². The van der Waals surface area contributed by atoms with Gasteiger partial charge in [-0.05, 0) is 42.7 Å². The van der Waals surface area contributed by atoms with Crippen LogP contribution in [-0.4, -0.2) is 11.8 Å². The molecule has 1 aliphatic heterocycles. The summed E-state index contributed by atoms with van der Waals surface area (Å²) in [4.78, 5) is 26.1. The third-order valence-electron chi connectivity index (χ3n) is 4.15. The van der Waals surface area contributed by atoms with E-state index in [1.165, 1.54) is 4.90 Å². The van der Waals surface area contributed by atoms with E-state index in [-0.39, 0.29) is 17.7 Å². The lowest BCUT2D eigenvalue weighted by Crippen LogP contribution is -2.29. The summed E-state index contributed by atoms with van der Waals surface area (Å²) in [6, 6.07) is 16.4. The van der Waals surface area contributed by atoms with Crippen LogP contribution in [0.2, 0.25) is 0 Å². The predicted octanol–water partition coefficient (Wildman–Crippen LogP) is 3.58. The molecule has 2 aromatic rings. The highest BCUT2D eigenvalue weighted by Crippen LogP contribution is 2.28. The molecule has 4 nitrogen and oxygen atoms in total. The number of rotatable bonds is 4. The molecule has 114 valence electrons. The van der Waals surface area contributed by atoms with Gasteiger partial charge < -0.3 is 0 Å². The van der Waals surface area contributed by atoms with Crippen molar-refractivity contribution in [3.63, 3.8) is 0 Å². The standard InChI is InChI=1S/C19H16N2O2/c1-2-13(12-20)11-14-7-9-15(10-8-14)21-18(22)16-5-3-4-6-17(16)19(21)23/h3-10,13H,2,11H2,1H3. The zero-order valence-electron chi connectivity index (χ0n) is 12.8. The second kappa shape index (κ2) is 6.05. The number of benzene rings is 2. The van der Waals surface area contributed by atoms with E-state index in [2.05, 4.69) is 6.07 Å². The number of amides is 2. The lowest BCUT2D eigenvalue weighted by Gasteiger charge is -2.14. The van der Waals surface area contributed by atoms with Gasteiger partial charge in [-0.3, -0.25) is 9.59 Å². The zero-order valence-corrected chi connectivity index (χ0v) is 12.8. The zero-order chi connectivity index (χ0) is 16.4. The van der Waals surface area contributed by atoms with Crippen LogP contribution < -0.4 is 4.90 Å². The monoisotopic (exact) mass is 304 g/mol. The molecule has 0 aliphatic carbocycles. The summed E-state index contributed by atoms with van der Waals surface area (Å²) < 4.78 is 0. The second-order valence-corrected chi connectivity index (χ2v) is 5.60. The molecule has 4 heteroatoms. The first-order valence-electron chi connectivity index (χ1n) is 7.62. The van der Waals surface area contributed by atoms with Crippen LogP contribution in [0.5, 0.6) is 0 Å². The third-order valence-corrected chi connectivity index (χ3v) is 4.15. The number of carbonyl (C=O) groups excluding carboxylic acids is 2. The highest BCUT2D eigenvalue weighted by Gasteiger charge is 2.36. The molecular formula is C19H16N2O2. The van der Waals surface area contributed by atoms with Gasteiger partial charge in [0.15, 0.2) is 0 Å². The minimum atomic E-state index is -0.290. The van der Waals surface area contributed by atoms with Gasteiger partial charge in [-0.2, -0.15) is 5.26 Å². The third kappa shape index (κ3) is 2.62. The summed E-state index contributed by atoms with van der Waals surface area (Å²) >= 11 is 0. The Hall–Kier alpha value is -2.93. The van der Waals surface area contributed by atoms with Crippen LogP contribution in [0.15, 0.2) is 48.5 Å². The maximum absolute atomic E-state index is 12.4. The lowest BCUT2D eigenvalue weighted by molar-refractivity contribution is 0.0926. The number of imide groups is 1. The van der Waals surface area contributed by atoms with Gasteiger partial charge in [0.25, 0.3) is 11.8 Å². The van der Waals surface area contributed by atoms with Crippen LogP contribution in [0.3, 0.4) is 0 Å². The molecule has 0 saturated heterocycles. The molecule has 2 amide bonds. The SMILES string of the molecule is CCC(C#N)Cc1ccc(N2C(=O)c3ccccc3C2=O)cc1. The van der Waals surface area contributed by atoms with Crippen LogP contribution in [0, 0.1) is 17.2 Å². The number of carbonyl (C=O) groups is 2. The van der Waals surface area contributed by atoms with Crippen LogP contribution in [0.25, 0.3) is 0 Å². The normalized spacial score (nSPS) is 14.5. The van der Waals surface area contributed by atoms with Crippen molar-refractivity contribution in [3.05, 3.63) is 65.2 Å². The van der Waals surface area contributed by atoms with Crippen LogP contribution in [-0.2, 0) is 6.42 Å². The van der Waals surface area contributed by atoms with Crippen molar-refractivity contribution in [3.8, 4) is 6.07 Å². The number of anilines is 1. The first kappa shape index (κ1) is 15.0. The fourth-order valence-electron chi connectivity index (χ4n) is 2.77. The second-order valence-electron chi connectivity index (χ2n) is 5.60. The molecule has 3 rings (SSSR count). The molecule has 23 heavy (non-hydrogen) atoms. The van der Waals surface area contributed by atoms with E-state index in [0.29, 0.717) is 23.2 Å². The smallest absolute Gasteiger partial charge is 0.266 e. The van der Waals surface area contributed by atoms with Crippen LogP contribution >= 0.6 is 0 Å². The first-order chi connectivity index (χ1) is 11.2. The predicted molar refractivity (Wildman–Crippen MR) is 87.1 cm³/mol. The molecule has 1 unspecified atom stereocenters. The highest BCUT2D eigenvalue weighted by atomic mass is 16.2. The van der Waals surface area contributed by atoms with E-state index >= 15 is 0 Å². The Labute approximate surface area is 135 Å². The Balaban J connectivity index is 1.85. The molecule has 0 radical (unpaired) electrons. The highest BCUT2D eigenvalue weighted by molar-refractivity contribution is 6.34. The number of nitriles is 1. The molecule has 2 aromatic carbocycles. The number of hydrogen-bond acceptors (Lipinski definition) is 3. The molecule has 0 bridgehead atoms. The fourth-order valence-corrected chi connectivity index (χ4v) is 2.77. The summed E-state index contributed by atoms with van der Waals surface area (Å²) in [5.41, 5.74) is 2.47. The lowest BCUT2D eigenvalue weighted by atomic mass is 9.98. The van der Waals surface area contributed by atoms with Gasteiger partial charge in [0, 0.05) is 0 Å². The van der Waals surface area contributed by atoms with E-state index in [4.69, 9.17) is 5.26 Å². The minimum Gasteiger partial charge on any atom is -0.268 e. The Morgan fingerprint density at radius 1 is 1.00 bits per heavy atom. The van der Waals surface area contributed by atoms with Crippen molar-refractivity contribution in [2.75, 3.05) is 4.90 Å². The largest absolute Gasteiger partial charge is 0.268 e. The van der Waals surface area contributed by atoms with Crippen molar-refractivity contribution in [1.82, 2.24) is 0 Å². The molecule has 0 spiro atoms. The van der Waals surface area contributed by atoms with Crippen LogP contribution in [0.1, 0.15) is 39.6 Å². The number of nitrogens with zero attached hydrogens (tertiary/aromatic N) is 2. The molecule has 0 aromatic heterocycles. The first-order valence-corrected chi connectivity index (χ1v) is 7.62. The summed E-state index contributed by atoms with van der Waals surface area (Å²) in [7, 11) is 0. The summed E-state index contributed by atoms with van der Waals surface area (Å²) in [6.45, 7) is 1.99. The minimum absolute atomic E-state index is 0.0137. The summed E-state index contributed by atoms with van der Waals surface area (Å²) in [5.74, 6) is -0.594. The Morgan fingerprint density at radius 3 is 2.04 bits per heavy atom. The van der Waals surface area contributed by atoms with Gasteiger partial charge in [-0.1, -0.05) is 31.2 Å². The van der Waals surface area contributed by atoms with E-state index in [1.54, 1.807) is 36.4 Å². The van der Waals surface area contributed by atoms with E-state index < -0.39 is 0 Å². The average molecular weight is 304 g/mol. The molecule has 0 N–H and O–H groups in total. The van der Waals surface area contributed by atoms with Gasteiger partial charge in [0.1, 0.15) is 0 Å². The molecule has 0 saturated carbocycles. The average Bonchev–Trinajstić information content (AvgIpc) is 2.85. The van der Waals surface area contributed by atoms with Crippen molar-refractivity contribution >= 4 is 17.5 Å². The van der Waals surface area contributed by atoms with Gasteiger partial charge in [-0.25, -0.2) is 4.90 Å². The molecule has 0 fully saturated rings. The molecule has 1 heterocycles. The van der Waals surface area contributed by atoms with Crippen molar-refractivity contribution in [2.45, 2.75) is 19.8 Å². The Kier molecular flexibility index (Phi) is 3.94. The quantitative estimate of drug-likeness (QED) is 0.811. The topological polar surface area (TPSA) is 61.2 Å². The van der Waals surface area contributed by atoms with E-state index in [1.807, 2.05) is 19.1 Å². The maximum Gasteiger partial charge on any atom is 0.266 e. The number of hydrogen-bond donors (Lipinski definition) is 0. The van der Waals surface area contributed by atoms with Crippen molar-refractivity contribution in [1.29, 1.82) is 5.26 Å². The fraction of sp³-hybridized carbons (Fsp3) is 0.211.